The molecule has 1 aromatic heterocycles. The van der Waals surface area contributed by atoms with Crippen molar-refractivity contribution in [1.82, 2.24) is 4.98 Å². The molecule has 1 amide bonds. The second kappa shape index (κ2) is 5.51. The molecule has 18 heavy (non-hydrogen) atoms. The van der Waals surface area contributed by atoms with Crippen molar-refractivity contribution in [3.05, 3.63) is 64.1 Å². The molecule has 0 saturated carbocycles. The van der Waals surface area contributed by atoms with Crippen molar-refractivity contribution < 1.29 is 4.79 Å². The van der Waals surface area contributed by atoms with Crippen LogP contribution in [0.4, 0.5) is 5.69 Å². The Hall–Kier alpha value is -2.07. The van der Waals surface area contributed by atoms with Gasteiger partial charge in [-0.1, -0.05) is 12.1 Å². The summed E-state index contributed by atoms with van der Waals surface area (Å²) in [6, 6.07) is 8.47. The van der Waals surface area contributed by atoms with Gasteiger partial charge in [0.15, 0.2) is 5.43 Å². The largest absolute Gasteiger partial charge is 0.367 e. The van der Waals surface area contributed by atoms with Crippen molar-refractivity contribution in [2.24, 2.45) is 0 Å². The lowest BCUT2D eigenvalue weighted by atomic mass is 10.2. The zero-order chi connectivity index (χ0) is 13.0. The molecule has 0 aliphatic rings. The number of carbonyl (C=O) groups is 1. The van der Waals surface area contributed by atoms with Crippen LogP contribution in [-0.4, -0.2) is 10.9 Å². The second-order valence-corrected chi connectivity index (χ2v) is 3.98. The molecule has 2 rings (SSSR count). The van der Waals surface area contributed by atoms with E-state index in [1.165, 1.54) is 18.5 Å². The van der Waals surface area contributed by atoms with E-state index in [0.717, 1.165) is 5.56 Å². The number of rotatable bonds is 3. The maximum absolute atomic E-state index is 11.9. The van der Waals surface area contributed by atoms with Crippen molar-refractivity contribution >= 4 is 23.2 Å². The van der Waals surface area contributed by atoms with Gasteiger partial charge in [0.25, 0.3) is 5.91 Å². The minimum atomic E-state index is -0.441. The Morgan fingerprint density at radius 1 is 1.33 bits per heavy atom. The molecule has 0 atom stereocenters. The van der Waals surface area contributed by atoms with Gasteiger partial charge in [0.05, 0.1) is 0 Å². The van der Waals surface area contributed by atoms with Crippen LogP contribution in [0.1, 0.15) is 15.9 Å². The number of hydrogen-bond donors (Lipinski definition) is 2. The van der Waals surface area contributed by atoms with E-state index in [4.69, 9.17) is 11.6 Å². The first kappa shape index (κ1) is 12.4. The summed E-state index contributed by atoms with van der Waals surface area (Å²) in [5.74, 6) is -0.0705. The van der Waals surface area contributed by atoms with Crippen LogP contribution in [0.15, 0.2) is 47.5 Å². The lowest BCUT2D eigenvalue weighted by molar-refractivity contribution is 0.102. The topological polar surface area (TPSA) is 62.0 Å². The van der Waals surface area contributed by atoms with Crippen molar-refractivity contribution in [2.45, 2.75) is 5.88 Å². The summed E-state index contributed by atoms with van der Waals surface area (Å²) in [6.45, 7) is 0. The van der Waals surface area contributed by atoms with Crippen LogP contribution in [0.25, 0.3) is 0 Å². The van der Waals surface area contributed by atoms with E-state index in [2.05, 4.69) is 10.3 Å². The van der Waals surface area contributed by atoms with E-state index in [1.54, 1.807) is 18.2 Å². The number of halogens is 1. The van der Waals surface area contributed by atoms with Crippen LogP contribution in [0.5, 0.6) is 0 Å². The Kier molecular flexibility index (Phi) is 3.79. The van der Waals surface area contributed by atoms with Crippen LogP contribution in [0.3, 0.4) is 0 Å². The van der Waals surface area contributed by atoms with Gasteiger partial charge in [-0.05, 0) is 17.7 Å². The van der Waals surface area contributed by atoms with Crippen molar-refractivity contribution in [1.29, 1.82) is 0 Å². The molecular formula is C13H11ClN2O2. The number of aromatic nitrogens is 1. The van der Waals surface area contributed by atoms with Crippen LogP contribution in [0.2, 0.25) is 0 Å². The van der Waals surface area contributed by atoms with Crippen LogP contribution >= 0.6 is 11.6 Å². The van der Waals surface area contributed by atoms with Gasteiger partial charge in [0.2, 0.25) is 0 Å². The molecule has 0 spiro atoms. The number of pyridine rings is 1. The molecule has 2 aromatic rings. The molecule has 0 radical (unpaired) electrons. The summed E-state index contributed by atoms with van der Waals surface area (Å²) < 4.78 is 0. The second-order valence-electron chi connectivity index (χ2n) is 3.71. The van der Waals surface area contributed by atoms with E-state index >= 15 is 0 Å². The maximum Gasteiger partial charge on any atom is 0.261 e. The lowest BCUT2D eigenvalue weighted by Crippen LogP contribution is -2.20. The monoisotopic (exact) mass is 262 g/mol. The SMILES string of the molecule is O=C(Nc1cccc(CCl)c1)c1c[nH]ccc1=O. The fourth-order valence-corrected chi connectivity index (χ4v) is 1.69. The summed E-state index contributed by atoms with van der Waals surface area (Å²) in [5.41, 5.74) is 1.27. The minimum Gasteiger partial charge on any atom is -0.367 e. The summed E-state index contributed by atoms with van der Waals surface area (Å²) in [6.07, 6.45) is 2.86. The molecule has 1 heterocycles. The number of aromatic amines is 1. The van der Waals surface area contributed by atoms with Crippen molar-refractivity contribution in [3.8, 4) is 0 Å². The predicted octanol–water partition coefficient (Wildman–Crippen LogP) is 2.37. The normalized spacial score (nSPS) is 10.1. The Morgan fingerprint density at radius 3 is 2.89 bits per heavy atom. The average Bonchev–Trinajstić information content (AvgIpc) is 2.39. The van der Waals surface area contributed by atoms with Gasteiger partial charge in [-0.2, -0.15) is 0 Å². The standard InChI is InChI=1S/C13H11ClN2O2/c14-7-9-2-1-3-10(6-9)16-13(18)11-8-15-5-4-12(11)17/h1-6,8H,7H2,(H,15,17)(H,16,18). The van der Waals surface area contributed by atoms with Crippen molar-refractivity contribution in [2.75, 3.05) is 5.32 Å². The van der Waals surface area contributed by atoms with Gasteiger partial charge in [-0.15, -0.1) is 11.6 Å². The number of amides is 1. The molecule has 5 heteroatoms. The Morgan fingerprint density at radius 2 is 2.17 bits per heavy atom. The lowest BCUT2D eigenvalue weighted by Gasteiger charge is -2.05. The first-order valence-electron chi connectivity index (χ1n) is 5.34. The number of H-pyrrole nitrogens is 1. The molecule has 1 aromatic carbocycles. The van der Waals surface area contributed by atoms with E-state index < -0.39 is 5.91 Å². The first-order chi connectivity index (χ1) is 8.70. The van der Waals surface area contributed by atoms with Gasteiger partial charge in [-0.3, -0.25) is 9.59 Å². The highest BCUT2D eigenvalue weighted by Gasteiger charge is 2.09. The number of benzene rings is 1. The molecule has 0 aliphatic carbocycles. The fraction of sp³-hybridized carbons (Fsp3) is 0.0769. The highest BCUT2D eigenvalue weighted by Crippen LogP contribution is 2.12. The predicted molar refractivity (Wildman–Crippen MR) is 71.0 cm³/mol. The van der Waals surface area contributed by atoms with Gasteiger partial charge in [0.1, 0.15) is 5.56 Å². The zero-order valence-corrected chi connectivity index (χ0v) is 10.2. The zero-order valence-electron chi connectivity index (χ0n) is 9.44. The smallest absolute Gasteiger partial charge is 0.261 e. The maximum atomic E-state index is 11.9. The summed E-state index contributed by atoms with van der Waals surface area (Å²) in [4.78, 5) is 26.1. The van der Waals surface area contributed by atoms with Gasteiger partial charge >= 0.3 is 0 Å². The van der Waals surface area contributed by atoms with Crippen LogP contribution in [0, 0.1) is 0 Å². The van der Waals surface area contributed by atoms with E-state index in [1.807, 2.05) is 6.07 Å². The highest BCUT2D eigenvalue weighted by atomic mass is 35.5. The molecule has 0 unspecified atom stereocenters. The molecular weight excluding hydrogens is 252 g/mol. The van der Waals surface area contributed by atoms with Crippen molar-refractivity contribution in [3.63, 3.8) is 0 Å². The minimum absolute atomic E-state index is 0.0776. The van der Waals surface area contributed by atoms with E-state index in [9.17, 15) is 9.59 Å². The number of anilines is 1. The van der Waals surface area contributed by atoms with E-state index in [-0.39, 0.29) is 11.0 Å². The third-order valence-corrected chi connectivity index (χ3v) is 2.72. The third-order valence-electron chi connectivity index (χ3n) is 2.41. The number of hydrogen-bond acceptors (Lipinski definition) is 2. The summed E-state index contributed by atoms with van der Waals surface area (Å²) in [7, 11) is 0. The Balaban J connectivity index is 2.21. The fourth-order valence-electron chi connectivity index (χ4n) is 1.52. The van der Waals surface area contributed by atoms with Gasteiger partial charge in [0, 0.05) is 30.0 Å². The molecule has 4 nitrogen and oxygen atoms in total. The quantitative estimate of drug-likeness (QED) is 0.834. The Labute approximate surface area is 109 Å². The molecule has 2 N–H and O–H groups in total. The molecule has 0 bridgehead atoms. The first-order valence-corrected chi connectivity index (χ1v) is 5.87. The Bertz CT molecular complexity index is 622. The van der Waals surface area contributed by atoms with Crippen LogP contribution < -0.4 is 10.7 Å². The molecule has 0 aliphatic heterocycles. The molecule has 0 fully saturated rings. The summed E-state index contributed by atoms with van der Waals surface area (Å²) in [5, 5.41) is 2.66. The number of nitrogens with one attached hydrogen (secondary N) is 2. The third kappa shape index (κ3) is 2.78. The number of alkyl halides is 1. The summed E-state index contributed by atoms with van der Waals surface area (Å²) >= 11 is 5.71. The highest BCUT2D eigenvalue weighted by molar-refractivity contribution is 6.17. The van der Waals surface area contributed by atoms with Crippen LogP contribution in [-0.2, 0) is 5.88 Å². The van der Waals surface area contributed by atoms with Gasteiger partial charge in [-0.25, -0.2) is 0 Å². The number of carbonyl (C=O) groups excluding carboxylic acids is 1. The van der Waals surface area contributed by atoms with Gasteiger partial charge < -0.3 is 10.3 Å². The molecule has 0 saturated heterocycles. The van der Waals surface area contributed by atoms with E-state index in [0.29, 0.717) is 11.6 Å². The average molecular weight is 263 g/mol. The molecule has 92 valence electrons.